The van der Waals surface area contributed by atoms with Crippen LogP contribution in [0.2, 0.25) is 0 Å². The number of aromatic nitrogens is 2. The van der Waals surface area contributed by atoms with Gasteiger partial charge in [0.2, 0.25) is 5.01 Å². The van der Waals surface area contributed by atoms with Crippen LogP contribution in [0.4, 0.5) is 13.2 Å². The molecule has 11 heavy (non-hydrogen) atoms. The van der Waals surface area contributed by atoms with Crippen LogP contribution in [0, 0.1) is 0 Å². The fourth-order valence-electron chi connectivity index (χ4n) is 0.372. The van der Waals surface area contributed by atoms with E-state index in [4.69, 9.17) is 0 Å². The summed E-state index contributed by atoms with van der Waals surface area (Å²) in [6.07, 6.45) is -4.48. The molecule has 4 nitrogen and oxygen atoms in total. The fraction of sp³-hybridized carbons (Fsp3) is 0.333. The monoisotopic (exact) mass is 185 g/mol. The maximum absolute atomic E-state index is 11.7. The summed E-state index contributed by atoms with van der Waals surface area (Å²) >= 11 is 0.245. The summed E-state index contributed by atoms with van der Waals surface area (Å²) in [4.78, 5) is 3.93. The molecule has 1 aromatic heterocycles. The molecule has 62 valence electrons. The standard InChI is InChI=1S/C3H2F3N3OS/c4-3(5,6)1-8-9-2(10-7)11-1/h7H2. The third-order valence-electron chi connectivity index (χ3n) is 0.750. The second-order valence-corrected chi connectivity index (χ2v) is 2.43. The van der Waals surface area contributed by atoms with Crippen molar-refractivity contribution in [3.05, 3.63) is 5.01 Å². The first-order chi connectivity index (χ1) is 5.04. The van der Waals surface area contributed by atoms with Gasteiger partial charge in [0.05, 0.1) is 0 Å². The number of nitrogens with two attached hydrogens (primary N) is 1. The molecule has 0 aliphatic heterocycles. The van der Waals surface area contributed by atoms with Gasteiger partial charge in [-0.3, -0.25) is 0 Å². The average molecular weight is 185 g/mol. The lowest BCUT2D eigenvalue weighted by atomic mass is 10.7. The quantitative estimate of drug-likeness (QED) is 0.657. The summed E-state index contributed by atoms with van der Waals surface area (Å²) in [5, 5.41) is 4.42. The Balaban J connectivity index is 2.89. The van der Waals surface area contributed by atoms with Crippen molar-refractivity contribution in [3.8, 4) is 5.19 Å². The van der Waals surface area contributed by atoms with E-state index in [0.29, 0.717) is 0 Å². The maximum atomic E-state index is 11.7. The molecule has 0 aliphatic rings. The van der Waals surface area contributed by atoms with Crippen LogP contribution in [0.1, 0.15) is 5.01 Å². The van der Waals surface area contributed by atoms with Crippen molar-refractivity contribution in [3.63, 3.8) is 0 Å². The van der Waals surface area contributed by atoms with Crippen molar-refractivity contribution < 1.29 is 18.0 Å². The number of halogens is 3. The predicted octanol–water partition coefficient (Wildman–Crippen LogP) is 0.809. The molecule has 0 fully saturated rings. The third-order valence-corrected chi connectivity index (χ3v) is 1.61. The molecule has 0 atom stereocenters. The van der Waals surface area contributed by atoms with E-state index in [-0.39, 0.29) is 16.5 Å². The molecule has 2 N–H and O–H groups in total. The lowest BCUT2D eigenvalue weighted by molar-refractivity contribution is -0.138. The Kier molecular flexibility index (Phi) is 1.96. The highest BCUT2D eigenvalue weighted by Gasteiger charge is 2.35. The van der Waals surface area contributed by atoms with Crippen molar-refractivity contribution in [2.75, 3.05) is 0 Å². The molecule has 1 rings (SSSR count). The number of alkyl halides is 3. The van der Waals surface area contributed by atoms with Gasteiger partial charge < -0.3 is 4.84 Å². The zero-order valence-electron chi connectivity index (χ0n) is 4.92. The topological polar surface area (TPSA) is 61.0 Å². The Morgan fingerprint density at radius 1 is 1.36 bits per heavy atom. The highest BCUT2D eigenvalue weighted by atomic mass is 32.1. The fourth-order valence-corrected chi connectivity index (χ4v) is 0.864. The van der Waals surface area contributed by atoms with Crippen molar-refractivity contribution in [1.29, 1.82) is 0 Å². The van der Waals surface area contributed by atoms with E-state index < -0.39 is 11.2 Å². The Bertz CT molecular complexity index is 246. The molecule has 0 aromatic carbocycles. The molecule has 0 amide bonds. The van der Waals surface area contributed by atoms with Crippen molar-refractivity contribution in [1.82, 2.24) is 10.2 Å². The van der Waals surface area contributed by atoms with Crippen LogP contribution in [-0.2, 0) is 6.18 Å². The Morgan fingerprint density at radius 2 is 2.00 bits per heavy atom. The van der Waals surface area contributed by atoms with Crippen molar-refractivity contribution in [2.45, 2.75) is 6.18 Å². The Hall–Kier alpha value is -0.890. The number of hydrogen-bond donors (Lipinski definition) is 1. The van der Waals surface area contributed by atoms with Crippen LogP contribution in [0.5, 0.6) is 5.19 Å². The normalized spacial score (nSPS) is 11.6. The number of hydrogen-bond acceptors (Lipinski definition) is 5. The minimum atomic E-state index is -4.48. The van der Waals surface area contributed by atoms with Crippen LogP contribution >= 0.6 is 11.3 Å². The zero-order valence-corrected chi connectivity index (χ0v) is 5.74. The van der Waals surface area contributed by atoms with Gasteiger partial charge in [0.15, 0.2) is 0 Å². The first-order valence-corrected chi connectivity index (χ1v) is 3.13. The van der Waals surface area contributed by atoms with E-state index in [1.165, 1.54) is 0 Å². The summed E-state index contributed by atoms with van der Waals surface area (Å²) in [5.41, 5.74) is 0. The molecular formula is C3H2F3N3OS. The lowest BCUT2D eigenvalue weighted by Gasteiger charge is -1.96. The van der Waals surface area contributed by atoms with E-state index in [0.717, 1.165) is 0 Å². The van der Waals surface area contributed by atoms with Gasteiger partial charge in [-0.2, -0.15) is 19.1 Å². The Labute approximate surface area is 62.7 Å². The Morgan fingerprint density at radius 3 is 2.27 bits per heavy atom. The van der Waals surface area contributed by atoms with Gasteiger partial charge in [-0.05, 0) is 11.3 Å². The van der Waals surface area contributed by atoms with Crippen LogP contribution in [0.15, 0.2) is 0 Å². The minimum absolute atomic E-state index is 0.245. The molecule has 0 bridgehead atoms. The smallest absolute Gasteiger partial charge is 0.378 e. The van der Waals surface area contributed by atoms with Crippen molar-refractivity contribution >= 4 is 11.3 Å². The molecule has 0 saturated heterocycles. The molecule has 1 aromatic rings. The first kappa shape index (κ1) is 8.21. The van der Waals surface area contributed by atoms with Crippen LogP contribution in [-0.4, -0.2) is 10.2 Å². The van der Waals surface area contributed by atoms with E-state index in [9.17, 15) is 13.2 Å². The lowest BCUT2D eigenvalue weighted by Crippen LogP contribution is -2.03. The van der Waals surface area contributed by atoms with E-state index in [2.05, 4.69) is 20.9 Å². The highest BCUT2D eigenvalue weighted by molar-refractivity contribution is 7.13. The van der Waals surface area contributed by atoms with E-state index in [1.54, 1.807) is 0 Å². The van der Waals surface area contributed by atoms with Crippen molar-refractivity contribution in [2.24, 2.45) is 5.90 Å². The third kappa shape index (κ3) is 1.77. The molecule has 0 unspecified atom stereocenters. The van der Waals surface area contributed by atoms with Gasteiger partial charge in [0.25, 0.3) is 0 Å². The summed E-state index contributed by atoms with van der Waals surface area (Å²) in [5.74, 6) is 4.55. The highest BCUT2D eigenvalue weighted by Crippen LogP contribution is 2.33. The average Bonchev–Trinajstić information content (AvgIpc) is 2.32. The SMILES string of the molecule is NOc1nnc(C(F)(F)F)s1. The first-order valence-electron chi connectivity index (χ1n) is 2.31. The van der Waals surface area contributed by atoms with E-state index in [1.807, 2.05) is 0 Å². The molecule has 8 heteroatoms. The van der Waals surface area contributed by atoms with Gasteiger partial charge in [0, 0.05) is 0 Å². The summed E-state index contributed by atoms with van der Waals surface area (Å²) in [6.45, 7) is 0. The van der Waals surface area contributed by atoms with Gasteiger partial charge in [-0.1, -0.05) is 5.10 Å². The van der Waals surface area contributed by atoms with Crippen LogP contribution in [0.25, 0.3) is 0 Å². The molecule has 0 aliphatic carbocycles. The molecule has 1 heterocycles. The maximum Gasteiger partial charge on any atom is 0.445 e. The molecular weight excluding hydrogens is 183 g/mol. The summed E-state index contributed by atoms with van der Waals surface area (Å²) < 4.78 is 35.2. The molecule has 0 radical (unpaired) electrons. The number of rotatable bonds is 1. The summed E-state index contributed by atoms with van der Waals surface area (Å²) in [7, 11) is 0. The van der Waals surface area contributed by atoms with Gasteiger partial charge in [-0.25, -0.2) is 0 Å². The van der Waals surface area contributed by atoms with Gasteiger partial charge >= 0.3 is 11.4 Å². The van der Waals surface area contributed by atoms with E-state index >= 15 is 0 Å². The second kappa shape index (κ2) is 2.62. The number of nitrogens with zero attached hydrogens (tertiary/aromatic N) is 2. The van der Waals surface area contributed by atoms with Crippen LogP contribution < -0.4 is 10.7 Å². The molecule has 0 saturated carbocycles. The minimum Gasteiger partial charge on any atom is -0.378 e. The molecule has 0 spiro atoms. The van der Waals surface area contributed by atoms with Gasteiger partial charge in [-0.15, -0.1) is 5.10 Å². The second-order valence-electron chi connectivity index (χ2n) is 1.49. The zero-order chi connectivity index (χ0) is 8.48. The largest absolute Gasteiger partial charge is 0.445 e. The van der Waals surface area contributed by atoms with Crippen LogP contribution in [0.3, 0.4) is 0 Å². The van der Waals surface area contributed by atoms with Gasteiger partial charge in [0.1, 0.15) is 0 Å². The summed E-state index contributed by atoms with van der Waals surface area (Å²) in [6, 6.07) is 0. The predicted molar refractivity (Wildman–Crippen MR) is 29.7 cm³/mol.